The Labute approximate surface area is 128 Å². The Hall–Kier alpha value is -0.910. The van der Waals surface area contributed by atoms with Crippen LogP contribution < -0.4 is 5.32 Å². The lowest BCUT2D eigenvalue weighted by molar-refractivity contribution is 0.250. The number of hydrogen-bond acceptors (Lipinski definition) is 3. The average Bonchev–Trinajstić information content (AvgIpc) is 2.44. The molecule has 21 heavy (non-hydrogen) atoms. The molecule has 0 saturated heterocycles. The van der Waals surface area contributed by atoms with Crippen molar-refractivity contribution in [3.05, 3.63) is 29.8 Å². The molecule has 4 nitrogen and oxygen atoms in total. The third-order valence-corrected chi connectivity index (χ3v) is 6.24. The molecular formula is C16H26N2O2S. The standard InChI is InChI=1S/C16H26N2O2S/c1-3-17-12-15-10-5-6-11-16(15)21(19,20)18(4-2)13-14-8-7-9-14/h5-6,10-11,14,17H,3-4,7-9,12-13H2,1-2H3. The minimum Gasteiger partial charge on any atom is -0.313 e. The molecule has 1 aliphatic carbocycles. The first-order valence-electron chi connectivity index (χ1n) is 7.88. The van der Waals surface area contributed by atoms with E-state index in [4.69, 9.17) is 0 Å². The zero-order chi connectivity index (χ0) is 15.3. The van der Waals surface area contributed by atoms with Crippen molar-refractivity contribution in [2.24, 2.45) is 5.92 Å². The molecule has 1 N–H and O–H groups in total. The Balaban J connectivity index is 2.24. The maximum absolute atomic E-state index is 12.9. The van der Waals surface area contributed by atoms with Crippen LogP contribution in [0.15, 0.2) is 29.2 Å². The predicted octanol–water partition coefficient (Wildman–Crippen LogP) is 2.61. The summed E-state index contributed by atoms with van der Waals surface area (Å²) in [5, 5.41) is 3.21. The van der Waals surface area contributed by atoms with E-state index in [-0.39, 0.29) is 0 Å². The first-order valence-corrected chi connectivity index (χ1v) is 9.32. The van der Waals surface area contributed by atoms with Gasteiger partial charge in [-0.1, -0.05) is 38.5 Å². The summed E-state index contributed by atoms with van der Waals surface area (Å²) in [6, 6.07) is 7.32. The summed E-state index contributed by atoms with van der Waals surface area (Å²) < 4.78 is 27.5. The number of nitrogens with zero attached hydrogens (tertiary/aromatic N) is 1. The summed E-state index contributed by atoms with van der Waals surface area (Å²) in [6.07, 6.45) is 3.55. The van der Waals surface area contributed by atoms with Crippen molar-refractivity contribution in [2.75, 3.05) is 19.6 Å². The number of nitrogens with one attached hydrogen (secondary N) is 1. The van der Waals surface area contributed by atoms with Crippen molar-refractivity contribution in [3.8, 4) is 0 Å². The van der Waals surface area contributed by atoms with Crippen molar-refractivity contribution in [1.29, 1.82) is 0 Å². The van der Waals surface area contributed by atoms with E-state index in [0.717, 1.165) is 24.9 Å². The Bertz CT molecular complexity index is 553. The lowest BCUT2D eigenvalue weighted by Gasteiger charge is -2.31. The zero-order valence-corrected chi connectivity index (χ0v) is 13.8. The molecule has 1 saturated carbocycles. The van der Waals surface area contributed by atoms with E-state index in [0.29, 0.717) is 30.4 Å². The van der Waals surface area contributed by atoms with Crippen molar-refractivity contribution in [3.63, 3.8) is 0 Å². The fourth-order valence-electron chi connectivity index (χ4n) is 2.66. The Morgan fingerprint density at radius 1 is 1.24 bits per heavy atom. The normalized spacial score (nSPS) is 16.1. The molecule has 0 radical (unpaired) electrons. The highest BCUT2D eigenvalue weighted by molar-refractivity contribution is 7.89. The van der Waals surface area contributed by atoms with Gasteiger partial charge < -0.3 is 5.32 Å². The fourth-order valence-corrected chi connectivity index (χ4v) is 4.41. The number of hydrogen-bond donors (Lipinski definition) is 1. The molecule has 0 bridgehead atoms. The second kappa shape index (κ2) is 7.38. The molecule has 2 rings (SSSR count). The molecule has 1 fully saturated rings. The third kappa shape index (κ3) is 3.84. The SMILES string of the molecule is CCNCc1ccccc1S(=O)(=O)N(CC)CC1CCC1. The summed E-state index contributed by atoms with van der Waals surface area (Å²) in [4.78, 5) is 0.451. The molecule has 1 aromatic carbocycles. The van der Waals surface area contributed by atoms with Gasteiger partial charge in [0, 0.05) is 19.6 Å². The van der Waals surface area contributed by atoms with E-state index in [1.165, 1.54) is 6.42 Å². The smallest absolute Gasteiger partial charge is 0.243 e. The van der Waals surface area contributed by atoms with Gasteiger partial charge in [0.15, 0.2) is 0 Å². The molecule has 0 atom stereocenters. The summed E-state index contributed by atoms with van der Waals surface area (Å²) in [7, 11) is -3.39. The van der Waals surface area contributed by atoms with Crippen LogP contribution in [0.5, 0.6) is 0 Å². The number of rotatable bonds is 8. The lowest BCUT2D eigenvalue weighted by atomic mass is 9.85. The van der Waals surface area contributed by atoms with Gasteiger partial charge in [-0.05, 0) is 36.9 Å². The highest BCUT2D eigenvalue weighted by atomic mass is 32.2. The number of sulfonamides is 1. The molecule has 0 unspecified atom stereocenters. The van der Waals surface area contributed by atoms with E-state index in [2.05, 4.69) is 5.32 Å². The number of benzene rings is 1. The van der Waals surface area contributed by atoms with Crippen LogP contribution in [0.1, 0.15) is 38.7 Å². The highest BCUT2D eigenvalue weighted by Gasteiger charge is 2.29. The summed E-state index contributed by atoms with van der Waals surface area (Å²) >= 11 is 0. The van der Waals surface area contributed by atoms with Gasteiger partial charge in [-0.15, -0.1) is 0 Å². The summed E-state index contributed by atoms with van der Waals surface area (Å²) in [5.74, 6) is 0.542. The molecule has 0 spiro atoms. The minimum atomic E-state index is -3.39. The van der Waals surface area contributed by atoms with Gasteiger partial charge in [-0.25, -0.2) is 8.42 Å². The van der Waals surface area contributed by atoms with Crippen LogP contribution in [0.4, 0.5) is 0 Å². The van der Waals surface area contributed by atoms with Gasteiger partial charge in [-0.2, -0.15) is 4.31 Å². The van der Waals surface area contributed by atoms with E-state index in [1.807, 2.05) is 26.0 Å². The second-order valence-corrected chi connectivity index (χ2v) is 7.55. The topological polar surface area (TPSA) is 49.4 Å². The van der Waals surface area contributed by atoms with Crippen LogP contribution in [0, 0.1) is 5.92 Å². The van der Waals surface area contributed by atoms with Crippen molar-refractivity contribution in [2.45, 2.75) is 44.6 Å². The lowest BCUT2D eigenvalue weighted by Crippen LogP contribution is -2.37. The molecule has 5 heteroatoms. The van der Waals surface area contributed by atoms with Gasteiger partial charge >= 0.3 is 0 Å². The minimum absolute atomic E-state index is 0.451. The van der Waals surface area contributed by atoms with Crippen molar-refractivity contribution < 1.29 is 8.42 Å². The van der Waals surface area contributed by atoms with E-state index in [1.54, 1.807) is 16.4 Å². The van der Waals surface area contributed by atoms with Crippen LogP contribution in [0.3, 0.4) is 0 Å². The summed E-state index contributed by atoms with van der Waals surface area (Å²) in [5.41, 5.74) is 0.853. The van der Waals surface area contributed by atoms with Crippen LogP contribution in [0.25, 0.3) is 0 Å². The quantitative estimate of drug-likeness (QED) is 0.803. The van der Waals surface area contributed by atoms with Crippen LogP contribution >= 0.6 is 0 Å². The maximum atomic E-state index is 12.9. The molecule has 0 aliphatic heterocycles. The maximum Gasteiger partial charge on any atom is 0.243 e. The van der Waals surface area contributed by atoms with Crippen LogP contribution in [-0.4, -0.2) is 32.4 Å². The Morgan fingerprint density at radius 3 is 2.52 bits per heavy atom. The Morgan fingerprint density at radius 2 is 1.95 bits per heavy atom. The summed E-state index contributed by atoms with van der Waals surface area (Å²) in [6.45, 7) is 6.55. The molecular weight excluding hydrogens is 284 g/mol. The third-order valence-electron chi connectivity index (χ3n) is 4.20. The molecule has 0 amide bonds. The largest absolute Gasteiger partial charge is 0.313 e. The first-order chi connectivity index (χ1) is 10.1. The predicted molar refractivity (Wildman–Crippen MR) is 85.6 cm³/mol. The average molecular weight is 310 g/mol. The molecule has 0 aromatic heterocycles. The molecule has 118 valence electrons. The Kier molecular flexibility index (Phi) is 5.79. The highest BCUT2D eigenvalue weighted by Crippen LogP contribution is 2.29. The van der Waals surface area contributed by atoms with E-state index in [9.17, 15) is 8.42 Å². The molecule has 1 aliphatic rings. The van der Waals surface area contributed by atoms with Crippen molar-refractivity contribution >= 4 is 10.0 Å². The molecule has 0 heterocycles. The van der Waals surface area contributed by atoms with Gasteiger partial charge in [-0.3, -0.25) is 0 Å². The van der Waals surface area contributed by atoms with Crippen LogP contribution in [-0.2, 0) is 16.6 Å². The van der Waals surface area contributed by atoms with Crippen molar-refractivity contribution in [1.82, 2.24) is 9.62 Å². The van der Waals surface area contributed by atoms with Gasteiger partial charge in [0.2, 0.25) is 10.0 Å². The van der Waals surface area contributed by atoms with Crippen LogP contribution in [0.2, 0.25) is 0 Å². The second-order valence-electron chi connectivity index (χ2n) is 5.64. The van der Waals surface area contributed by atoms with E-state index < -0.39 is 10.0 Å². The van der Waals surface area contributed by atoms with E-state index >= 15 is 0 Å². The first kappa shape index (κ1) is 16.5. The van der Waals surface area contributed by atoms with Gasteiger partial charge in [0.25, 0.3) is 0 Å². The fraction of sp³-hybridized carbons (Fsp3) is 0.625. The molecule has 1 aromatic rings. The van der Waals surface area contributed by atoms with Gasteiger partial charge in [0.05, 0.1) is 4.90 Å². The zero-order valence-electron chi connectivity index (χ0n) is 13.0. The monoisotopic (exact) mass is 310 g/mol. The van der Waals surface area contributed by atoms with Gasteiger partial charge in [0.1, 0.15) is 0 Å².